The summed E-state index contributed by atoms with van der Waals surface area (Å²) in [6.07, 6.45) is 4.53. The van der Waals surface area contributed by atoms with Gasteiger partial charge in [0.05, 0.1) is 5.56 Å². The molecule has 5 nitrogen and oxygen atoms in total. The molecule has 0 atom stereocenters. The maximum atomic E-state index is 11.7. The summed E-state index contributed by atoms with van der Waals surface area (Å²) in [5, 5.41) is 6.35. The highest BCUT2D eigenvalue weighted by molar-refractivity contribution is 6.31. The van der Waals surface area contributed by atoms with E-state index in [1.807, 2.05) is 19.1 Å². The second-order valence-electron chi connectivity index (χ2n) is 4.38. The third kappa shape index (κ3) is 4.03. The Morgan fingerprint density at radius 2 is 2.10 bits per heavy atom. The molecule has 1 aromatic heterocycles. The van der Waals surface area contributed by atoms with Crippen molar-refractivity contribution in [2.75, 3.05) is 11.9 Å². The van der Waals surface area contributed by atoms with Crippen LogP contribution in [-0.2, 0) is 0 Å². The quantitative estimate of drug-likeness (QED) is 0.833. The summed E-state index contributed by atoms with van der Waals surface area (Å²) in [4.78, 5) is 19.9. The molecule has 1 aromatic carbocycles. The zero-order valence-corrected chi connectivity index (χ0v) is 12.3. The Kier molecular flexibility index (Phi) is 4.90. The van der Waals surface area contributed by atoms with Gasteiger partial charge in [-0.1, -0.05) is 23.7 Å². The van der Waals surface area contributed by atoms with Crippen molar-refractivity contribution in [1.29, 1.82) is 0 Å². The molecule has 0 aliphatic rings. The summed E-state index contributed by atoms with van der Waals surface area (Å²) >= 11 is 6.05. The third-order valence-electron chi connectivity index (χ3n) is 2.75. The molecular weight excluding hydrogens is 288 g/mol. The number of rotatable bonds is 5. The van der Waals surface area contributed by atoms with Crippen LogP contribution in [0.2, 0.25) is 5.02 Å². The molecule has 0 fully saturated rings. The highest BCUT2D eigenvalue weighted by Crippen LogP contribution is 2.21. The van der Waals surface area contributed by atoms with Gasteiger partial charge in [0.1, 0.15) is 0 Å². The van der Waals surface area contributed by atoms with E-state index in [0.717, 1.165) is 11.3 Å². The number of nitrogens with zero attached hydrogens (tertiary/aromatic N) is 2. The SMILES string of the molecule is C=CCNC(=O)c1cnc(Nc2ccc(C)c(Cl)c2)nc1. The van der Waals surface area contributed by atoms with Crippen molar-refractivity contribution >= 4 is 29.1 Å². The van der Waals surface area contributed by atoms with E-state index in [-0.39, 0.29) is 5.91 Å². The summed E-state index contributed by atoms with van der Waals surface area (Å²) < 4.78 is 0. The fourth-order valence-corrected chi connectivity index (χ4v) is 1.76. The molecular formula is C15H15ClN4O. The van der Waals surface area contributed by atoms with E-state index in [4.69, 9.17) is 11.6 Å². The van der Waals surface area contributed by atoms with E-state index in [2.05, 4.69) is 27.2 Å². The second-order valence-corrected chi connectivity index (χ2v) is 4.79. The van der Waals surface area contributed by atoms with Crippen LogP contribution < -0.4 is 10.6 Å². The minimum Gasteiger partial charge on any atom is -0.348 e. The standard InChI is InChI=1S/C15H15ClN4O/c1-3-6-17-14(21)11-8-18-15(19-9-11)20-12-5-4-10(2)13(16)7-12/h3-5,7-9H,1,6H2,2H3,(H,17,21)(H,18,19,20). The highest BCUT2D eigenvalue weighted by atomic mass is 35.5. The van der Waals surface area contributed by atoms with Crippen molar-refractivity contribution in [2.45, 2.75) is 6.92 Å². The maximum absolute atomic E-state index is 11.7. The lowest BCUT2D eigenvalue weighted by Gasteiger charge is -2.07. The van der Waals surface area contributed by atoms with Crippen LogP contribution in [0, 0.1) is 6.92 Å². The number of amides is 1. The van der Waals surface area contributed by atoms with Gasteiger partial charge in [0.15, 0.2) is 0 Å². The highest BCUT2D eigenvalue weighted by Gasteiger charge is 2.06. The van der Waals surface area contributed by atoms with Gasteiger partial charge in [-0.3, -0.25) is 4.79 Å². The number of aromatic nitrogens is 2. The van der Waals surface area contributed by atoms with Crippen LogP contribution in [-0.4, -0.2) is 22.4 Å². The Morgan fingerprint density at radius 1 is 1.38 bits per heavy atom. The number of carbonyl (C=O) groups is 1. The van der Waals surface area contributed by atoms with Crippen LogP contribution in [0.25, 0.3) is 0 Å². The predicted molar refractivity (Wildman–Crippen MR) is 84.0 cm³/mol. The summed E-state index contributed by atoms with van der Waals surface area (Å²) in [6, 6.07) is 5.59. The molecule has 2 N–H and O–H groups in total. The molecule has 0 radical (unpaired) electrons. The molecule has 6 heteroatoms. The fourth-order valence-electron chi connectivity index (χ4n) is 1.58. The zero-order chi connectivity index (χ0) is 15.2. The van der Waals surface area contributed by atoms with Crippen LogP contribution in [0.5, 0.6) is 0 Å². The zero-order valence-electron chi connectivity index (χ0n) is 11.6. The first-order chi connectivity index (χ1) is 10.1. The topological polar surface area (TPSA) is 66.9 Å². The number of carbonyl (C=O) groups excluding carboxylic acids is 1. The van der Waals surface area contributed by atoms with E-state index < -0.39 is 0 Å². The first kappa shape index (κ1) is 15.0. The number of nitrogens with one attached hydrogen (secondary N) is 2. The number of benzene rings is 1. The van der Waals surface area contributed by atoms with E-state index in [0.29, 0.717) is 23.1 Å². The molecule has 0 saturated carbocycles. The Hall–Kier alpha value is -2.40. The lowest BCUT2D eigenvalue weighted by molar-refractivity contribution is 0.0957. The van der Waals surface area contributed by atoms with Gasteiger partial charge < -0.3 is 10.6 Å². The van der Waals surface area contributed by atoms with Gasteiger partial charge >= 0.3 is 0 Å². The lowest BCUT2D eigenvalue weighted by atomic mass is 10.2. The normalized spacial score (nSPS) is 10.0. The number of aryl methyl sites for hydroxylation is 1. The van der Waals surface area contributed by atoms with Crippen molar-refractivity contribution < 1.29 is 4.79 Å². The predicted octanol–water partition coefficient (Wildman–Crippen LogP) is 3.10. The molecule has 2 aromatic rings. The maximum Gasteiger partial charge on any atom is 0.254 e. The first-order valence-electron chi connectivity index (χ1n) is 6.34. The van der Waals surface area contributed by atoms with Gasteiger partial charge in [0.25, 0.3) is 5.91 Å². The van der Waals surface area contributed by atoms with Crippen molar-refractivity contribution in [3.05, 3.63) is 59.4 Å². The summed E-state index contributed by atoms with van der Waals surface area (Å²) in [7, 11) is 0. The molecule has 0 spiro atoms. The molecule has 1 heterocycles. The monoisotopic (exact) mass is 302 g/mol. The number of anilines is 2. The molecule has 2 rings (SSSR count). The third-order valence-corrected chi connectivity index (χ3v) is 3.16. The molecule has 108 valence electrons. The van der Waals surface area contributed by atoms with E-state index >= 15 is 0 Å². The van der Waals surface area contributed by atoms with Crippen LogP contribution in [0.4, 0.5) is 11.6 Å². The average molecular weight is 303 g/mol. The van der Waals surface area contributed by atoms with Crippen molar-refractivity contribution in [3.8, 4) is 0 Å². The van der Waals surface area contributed by atoms with Gasteiger partial charge in [-0.2, -0.15) is 0 Å². The molecule has 0 aliphatic heterocycles. The minimum atomic E-state index is -0.236. The van der Waals surface area contributed by atoms with Crippen LogP contribution in [0.3, 0.4) is 0 Å². The summed E-state index contributed by atoms with van der Waals surface area (Å²) in [5.74, 6) is 0.162. The molecule has 21 heavy (non-hydrogen) atoms. The molecule has 0 saturated heterocycles. The Bertz CT molecular complexity index is 655. The Balaban J connectivity index is 2.06. The Labute approximate surface area is 128 Å². The van der Waals surface area contributed by atoms with Gasteiger partial charge in [-0.25, -0.2) is 9.97 Å². The molecule has 0 unspecified atom stereocenters. The van der Waals surface area contributed by atoms with Crippen LogP contribution in [0.15, 0.2) is 43.2 Å². The van der Waals surface area contributed by atoms with E-state index in [1.165, 1.54) is 12.4 Å². The average Bonchev–Trinajstić information content (AvgIpc) is 2.49. The van der Waals surface area contributed by atoms with Crippen molar-refractivity contribution in [2.24, 2.45) is 0 Å². The first-order valence-corrected chi connectivity index (χ1v) is 6.72. The van der Waals surface area contributed by atoms with Gasteiger partial charge in [-0.05, 0) is 24.6 Å². The minimum absolute atomic E-state index is 0.236. The van der Waals surface area contributed by atoms with Crippen LogP contribution in [0.1, 0.15) is 15.9 Å². The smallest absolute Gasteiger partial charge is 0.254 e. The van der Waals surface area contributed by atoms with E-state index in [1.54, 1.807) is 12.1 Å². The van der Waals surface area contributed by atoms with Crippen molar-refractivity contribution in [1.82, 2.24) is 15.3 Å². The van der Waals surface area contributed by atoms with Crippen molar-refractivity contribution in [3.63, 3.8) is 0 Å². The van der Waals surface area contributed by atoms with Gasteiger partial charge in [0.2, 0.25) is 5.95 Å². The summed E-state index contributed by atoms with van der Waals surface area (Å²) in [6.45, 7) is 5.87. The van der Waals surface area contributed by atoms with Gasteiger partial charge in [0, 0.05) is 29.6 Å². The second kappa shape index (κ2) is 6.85. The molecule has 0 bridgehead atoms. The summed E-state index contributed by atoms with van der Waals surface area (Å²) in [5.41, 5.74) is 2.18. The number of halogens is 1. The molecule has 0 aliphatic carbocycles. The molecule has 1 amide bonds. The fraction of sp³-hybridized carbons (Fsp3) is 0.133. The lowest BCUT2D eigenvalue weighted by Crippen LogP contribution is -2.23. The largest absolute Gasteiger partial charge is 0.348 e. The Morgan fingerprint density at radius 3 is 2.71 bits per heavy atom. The number of hydrogen-bond acceptors (Lipinski definition) is 4. The van der Waals surface area contributed by atoms with E-state index in [9.17, 15) is 4.79 Å². The van der Waals surface area contributed by atoms with Crippen LogP contribution >= 0.6 is 11.6 Å². The number of hydrogen-bond donors (Lipinski definition) is 2. The van der Waals surface area contributed by atoms with Gasteiger partial charge in [-0.15, -0.1) is 6.58 Å².